The molecule has 1 fully saturated rings. The summed E-state index contributed by atoms with van der Waals surface area (Å²) in [5.74, 6) is 2.93. The number of pyridine rings is 1. The van der Waals surface area contributed by atoms with Crippen molar-refractivity contribution < 1.29 is 0 Å². The first-order valence-corrected chi connectivity index (χ1v) is 8.49. The normalized spacial score (nSPS) is 17.0. The molecule has 0 amide bonds. The molecule has 0 bridgehead atoms. The maximum Gasteiger partial charge on any atom is 0.129 e. The van der Waals surface area contributed by atoms with Gasteiger partial charge in [0.05, 0.1) is 0 Å². The van der Waals surface area contributed by atoms with E-state index in [0.717, 1.165) is 30.5 Å². The van der Waals surface area contributed by atoms with Crippen LogP contribution in [-0.4, -0.2) is 43.6 Å². The Labute approximate surface area is 134 Å². The Kier molecular flexibility index (Phi) is 5.88. The zero-order valence-corrected chi connectivity index (χ0v) is 14.5. The third-order valence-electron chi connectivity index (χ3n) is 4.20. The number of piperidine rings is 1. The Morgan fingerprint density at radius 3 is 2.48 bits per heavy atom. The van der Waals surface area contributed by atoms with Gasteiger partial charge in [0.15, 0.2) is 0 Å². The summed E-state index contributed by atoms with van der Waals surface area (Å²) in [7, 11) is 4.32. The molecule has 4 heteroatoms. The van der Waals surface area contributed by atoms with Crippen LogP contribution in [0.1, 0.15) is 43.9 Å². The molecular weight excluding hydrogens is 282 g/mol. The molecule has 118 valence electrons. The van der Waals surface area contributed by atoms with Gasteiger partial charge in [-0.15, -0.1) is 11.6 Å². The zero-order valence-electron chi connectivity index (χ0n) is 13.8. The van der Waals surface area contributed by atoms with Crippen molar-refractivity contribution in [2.45, 2.75) is 38.5 Å². The van der Waals surface area contributed by atoms with Gasteiger partial charge >= 0.3 is 0 Å². The molecule has 0 N–H and O–H groups in total. The van der Waals surface area contributed by atoms with E-state index in [9.17, 15) is 0 Å². The van der Waals surface area contributed by atoms with Crippen LogP contribution < -0.4 is 4.90 Å². The quantitative estimate of drug-likeness (QED) is 0.773. The molecule has 0 atom stereocenters. The van der Waals surface area contributed by atoms with Crippen molar-refractivity contribution in [2.24, 2.45) is 5.92 Å². The summed E-state index contributed by atoms with van der Waals surface area (Å²) in [6.07, 6.45) is 2.50. The fourth-order valence-corrected chi connectivity index (χ4v) is 3.14. The van der Waals surface area contributed by atoms with Crippen LogP contribution in [-0.2, 0) is 5.88 Å². The van der Waals surface area contributed by atoms with E-state index in [0.29, 0.717) is 11.8 Å². The molecule has 1 aromatic rings. The summed E-state index contributed by atoms with van der Waals surface area (Å²) in [5, 5.41) is 0. The lowest BCUT2D eigenvalue weighted by Crippen LogP contribution is -2.37. The maximum atomic E-state index is 6.04. The van der Waals surface area contributed by atoms with Gasteiger partial charge in [-0.2, -0.15) is 0 Å². The Morgan fingerprint density at radius 2 is 1.95 bits per heavy atom. The predicted molar refractivity (Wildman–Crippen MR) is 91.4 cm³/mol. The highest BCUT2D eigenvalue weighted by Gasteiger charge is 2.21. The lowest BCUT2D eigenvalue weighted by molar-refractivity contribution is 0.284. The molecule has 21 heavy (non-hydrogen) atoms. The summed E-state index contributed by atoms with van der Waals surface area (Å²) in [5.41, 5.74) is 2.33. The van der Waals surface area contributed by atoms with Crippen molar-refractivity contribution >= 4 is 17.4 Å². The predicted octanol–water partition coefficient (Wildman–Crippen LogP) is 3.72. The van der Waals surface area contributed by atoms with Crippen molar-refractivity contribution in [2.75, 3.05) is 38.6 Å². The molecule has 3 nitrogen and oxygen atoms in total. The first-order valence-electron chi connectivity index (χ1n) is 7.96. The standard InChI is InChI=1S/C17H28ClN3/c1-13(2)16-9-15(11-18)10-17(19-16)21-7-5-14(6-8-21)12-20(3)4/h9-10,13-14H,5-8,11-12H2,1-4H3. The Hall–Kier alpha value is -0.800. The number of nitrogens with zero attached hydrogens (tertiary/aromatic N) is 3. The third kappa shape index (κ3) is 4.58. The van der Waals surface area contributed by atoms with Gasteiger partial charge < -0.3 is 9.80 Å². The molecule has 2 rings (SSSR count). The monoisotopic (exact) mass is 309 g/mol. The molecule has 0 aliphatic carbocycles. The van der Waals surface area contributed by atoms with Crippen molar-refractivity contribution in [3.8, 4) is 0 Å². The number of anilines is 1. The average Bonchev–Trinajstić information content (AvgIpc) is 2.46. The van der Waals surface area contributed by atoms with Gasteiger partial charge in [0, 0.05) is 31.2 Å². The van der Waals surface area contributed by atoms with Crippen molar-refractivity contribution in [1.29, 1.82) is 0 Å². The van der Waals surface area contributed by atoms with Crippen LogP contribution in [0, 0.1) is 5.92 Å². The minimum Gasteiger partial charge on any atom is -0.357 e. The van der Waals surface area contributed by atoms with E-state index in [1.807, 2.05) is 0 Å². The van der Waals surface area contributed by atoms with Crippen LogP contribution >= 0.6 is 11.6 Å². The van der Waals surface area contributed by atoms with Gasteiger partial charge in [-0.1, -0.05) is 13.8 Å². The minimum atomic E-state index is 0.443. The van der Waals surface area contributed by atoms with Gasteiger partial charge in [-0.3, -0.25) is 0 Å². The van der Waals surface area contributed by atoms with E-state index in [-0.39, 0.29) is 0 Å². The van der Waals surface area contributed by atoms with Gasteiger partial charge in [-0.05, 0) is 56.5 Å². The van der Waals surface area contributed by atoms with Crippen LogP contribution in [0.2, 0.25) is 0 Å². The molecular formula is C17H28ClN3. The fraction of sp³-hybridized carbons (Fsp3) is 0.706. The van der Waals surface area contributed by atoms with Gasteiger partial charge in [0.1, 0.15) is 5.82 Å². The molecule has 1 aliphatic rings. The van der Waals surface area contributed by atoms with Crippen LogP contribution in [0.15, 0.2) is 12.1 Å². The number of aromatic nitrogens is 1. The van der Waals surface area contributed by atoms with Crippen LogP contribution in [0.3, 0.4) is 0 Å². The lowest BCUT2D eigenvalue weighted by atomic mass is 9.96. The second-order valence-corrected chi connectivity index (χ2v) is 7.01. The number of hydrogen-bond acceptors (Lipinski definition) is 3. The first kappa shape index (κ1) is 16.6. The summed E-state index contributed by atoms with van der Waals surface area (Å²) in [6, 6.07) is 4.30. The molecule has 0 unspecified atom stereocenters. The van der Waals surface area contributed by atoms with Crippen molar-refractivity contribution in [3.05, 3.63) is 23.4 Å². The largest absolute Gasteiger partial charge is 0.357 e. The smallest absolute Gasteiger partial charge is 0.129 e. The lowest BCUT2D eigenvalue weighted by Gasteiger charge is -2.34. The number of hydrogen-bond donors (Lipinski definition) is 0. The maximum absolute atomic E-state index is 6.04. The van der Waals surface area contributed by atoms with Crippen LogP contribution in [0.25, 0.3) is 0 Å². The highest BCUT2D eigenvalue weighted by molar-refractivity contribution is 6.17. The van der Waals surface area contributed by atoms with E-state index in [4.69, 9.17) is 16.6 Å². The number of rotatable bonds is 5. The van der Waals surface area contributed by atoms with E-state index in [2.05, 4.69) is 49.9 Å². The van der Waals surface area contributed by atoms with Gasteiger partial charge in [-0.25, -0.2) is 4.98 Å². The van der Waals surface area contributed by atoms with E-state index in [1.165, 1.54) is 24.9 Å². The molecule has 0 radical (unpaired) electrons. The summed E-state index contributed by atoms with van der Waals surface area (Å²) >= 11 is 6.04. The Bertz CT molecular complexity index is 451. The number of halogens is 1. The van der Waals surface area contributed by atoms with Gasteiger partial charge in [0.25, 0.3) is 0 Å². The zero-order chi connectivity index (χ0) is 15.4. The number of alkyl halides is 1. The summed E-state index contributed by atoms with van der Waals surface area (Å²) < 4.78 is 0. The third-order valence-corrected chi connectivity index (χ3v) is 4.51. The molecule has 0 spiro atoms. The SMILES string of the molecule is CC(C)c1cc(CCl)cc(N2CCC(CN(C)C)CC2)n1. The second-order valence-electron chi connectivity index (χ2n) is 6.74. The topological polar surface area (TPSA) is 19.4 Å². The second kappa shape index (κ2) is 7.46. The highest BCUT2D eigenvalue weighted by Crippen LogP contribution is 2.26. The molecule has 0 saturated carbocycles. The fourth-order valence-electron chi connectivity index (χ4n) is 2.99. The minimum absolute atomic E-state index is 0.443. The summed E-state index contributed by atoms with van der Waals surface area (Å²) in [4.78, 5) is 9.57. The van der Waals surface area contributed by atoms with E-state index in [1.54, 1.807) is 0 Å². The van der Waals surface area contributed by atoms with E-state index >= 15 is 0 Å². The van der Waals surface area contributed by atoms with Crippen molar-refractivity contribution in [1.82, 2.24) is 9.88 Å². The molecule has 0 aromatic carbocycles. The van der Waals surface area contributed by atoms with Crippen LogP contribution in [0.4, 0.5) is 5.82 Å². The first-order chi connectivity index (χ1) is 9.99. The van der Waals surface area contributed by atoms with E-state index < -0.39 is 0 Å². The molecule has 2 heterocycles. The molecule has 1 saturated heterocycles. The van der Waals surface area contributed by atoms with Crippen molar-refractivity contribution in [3.63, 3.8) is 0 Å². The summed E-state index contributed by atoms with van der Waals surface area (Å²) in [6.45, 7) is 7.78. The average molecular weight is 310 g/mol. The van der Waals surface area contributed by atoms with Gasteiger partial charge in [0.2, 0.25) is 0 Å². The molecule has 1 aromatic heterocycles. The molecule has 1 aliphatic heterocycles. The Balaban J connectivity index is 2.07. The Morgan fingerprint density at radius 1 is 1.29 bits per heavy atom. The highest BCUT2D eigenvalue weighted by atomic mass is 35.5. The van der Waals surface area contributed by atoms with Crippen LogP contribution in [0.5, 0.6) is 0 Å².